The number of carbonyl (C=O) groups is 2. The van der Waals surface area contributed by atoms with E-state index in [0.29, 0.717) is 24.2 Å². The van der Waals surface area contributed by atoms with Gasteiger partial charge in [0.2, 0.25) is 0 Å². The van der Waals surface area contributed by atoms with Crippen molar-refractivity contribution >= 4 is 17.3 Å². The van der Waals surface area contributed by atoms with Crippen molar-refractivity contribution < 1.29 is 19.1 Å². The first-order chi connectivity index (χ1) is 9.24. The van der Waals surface area contributed by atoms with Gasteiger partial charge in [-0.1, -0.05) is 24.3 Å². The Labute approximate surface area is 109 Å². The fourth-order valence-electron chi connectivity index (χ4n) is 2.86. The van der Waals surface area contributed by atoms with Crippen LogP contribution in [0, 0.1) is 11.8 Å². The van der Waals surface area contributed by atoms with Crippen molar-refractivity contribution in [2.75, 3.05) is 13.2 Å². The molecule has 5 heteroatoms. The lowest BCUT2D eigenvalue weighted by Gasteiger charge is -2.26. The highest BCUT2D eigenvalue weighted by atomic mass is 16.5. The van der Waals surface area contributed by atoms with Crippen molar-refractivity contribution in [3.05, 3.63) is 40.9 Å². The zero-order valence-electron chi connectivity index (χ0n) is 10.2. The number of nitrogens with zero attached hydrogens (tertiary/aromatic N) is 2. The molecule has 0 N–H and O–H groups in total. The van der Waals surface area contributed by atoms with Gasteiger partial charge in [0.05, 0.1) is 0 Å². The van der Waals surface area contributed by atoms with E-state index in [-0.39, 0.29) is 23.9 Å². The highest BCUT2D eigenvalue weighted by Crippen LogP contribution is 2.34. The fraction of sp³-hybridized carbons (Fsp3) is 0.357. The largest absolute Gasteiger partial charge is 0.369 e. The predicted molar refractivity (Wildman–Crippen MR) is 66.1 cm³/mol. The molecule has 0 spiro atoms. The van der Waals surface area contributed by atoms with Gasteiger partial charge < -0.3 is 10.3 Å². The molecule has 3 rings (SSSR count). The summed E-state index contributed by atoms with van der Waals surface area (Å²) in [6, 6.07) is 6.80. The summed E-state index contributed by atoms with van der Waals surface area (Å²) in [6.07, 6.45) is 0.475. The van der Waals surface area contributed by atoms with E-state index in [4.69, 9.17) is 10.3 Å². The van der Waals surface area contributed by atoms with E-state index in [1.807, 2.05) is 0 Å². The van der Waals surface area contributed by atoms with Gasteiger partial charge in [-0.2, -0.15) is 4.79 Å². The molecule has 2 unspecified atom stereocenters. The molecule has 2 aliphatic rings. The van der Waals surface area contributed by atoms with Crippen LogP contribution in [0.25, 0.3) is 5.53 Å². The van der Waals surface area contributed by atoms with Crippen LogP contribution in [-0.2, 0) is 4.74 Å². The van der Waals surface area contributed by atoms with E-state index < -0.39 is 11.8 Å². The van der Waals surface area contributed by atoms with Gasteiger partial charge in [0.15, 0.2) is 11.6 Å². The summed E-state index contributed by atoms with van der Waals surface area (Å²) < 4.78 is 5.29. The predicted octanol–water partition coefficient (Wildman–Crippen LogP) is 1.39. The Hall–Kier alpha value is -2.10. The Morgan fingerprint density at radius 2 is 1.84 bits per heavy atom. The average molecular weight is 256 g/mol. The van der Waals surface area contributed by atoms with Gasteiger partial charge in [0.1, 0.15) is 12.5 Å². The molecule has 1 aliphatic carbocycles. The number of ether oxygens (including phenoxy) is 1. The zero-order chi connectivity index (χ0) is 13.4. The monoisotopic (exact) mass is 256 g/mol. The zero-order valence-corrected chi connectivity index (χ0v) is 10.2. The number of benzene rings is 1. The minimum atomic E-state index is -0.685. The molecule has 1 aliphatic heterocycles. The molecule has 1 heterocycles. The Morgan fingerprint density at radius 1 is 1.16 bits per heavy atom. The van der Waals surface area contributed by atoms with Crippen LogP contribution in [-0.4, -0.2) is 35.3 Å². The van der Waals surface area contributed by atoms with Crippen LogP contribution in [0.15, 0.2) is 24.3 Å². The summed E-state index contributed by atoms with van der Waals surface area (Å²) in [7, 11) is 0. The van der Waals surface area contributed by atoms with E-state index in [1.165, 1.54) is 0 Å². The van der Waals surface area contributed by atoms with Crippen LogP contribution >= 0.6 is 0 Å². The first kappa shape index (κ1) is 12.0. The number of rotatable bonds is 0. The Balaban J connectivity index is 2.18. The van der Waals surface area contributed by atoms with Gasteiger partial charge in [-0.25, -0.2) is 0 Å². The van der Waals surface area contributed by atoms with E-state index in [1.54, 1.807) is 24.3 Å². The molecule has 2 atom stereocenters. The smallest absolute Gasteiger partial charge is 0.305 e. The summed E-state index contributed by atoms with van der Waals surface area (Å²) in [5.41, 5.74) is 10.2. The van der Waals surface area contributed by atoms with Gasteiger partial charge >= 0.3 is 5.71 Å². The topological polar surface area (TPSA) is 79.8 Å². The summed E-state index contributed by atoms with van der Waals surface area (Å²) in [6.45, 7) is 0.486. The van der Waals surface area contributed by atoms with Crippen LogP contribution in [0.1, 0.15) is 27.1 Å². The molecular formula is C14H12N2O3. The Bertz CT molecular complexity index is 617. The molecule has 0 radical (unpaired) electrons. The molecule has 96 valence electrons. The summed E-state index contributed by atoms with van der Waals surface area (Å²) in [5, 5.41) is 0. The second-order valence-electron chi connectivity index (χ2n) is 4.79. The second kappa shape index (κ2) is 4.53. The minimum Gasteiger partial charge on any atom is -0.369 e. The molecule has 1 saturated heterocycles. The third-order valence-corrected chi connectivity index (χ3v) is 3.79. The average Bonchev–Trinajstić information content (AvgIpc) is 2.67. The highest BCUT2D eigenvalue weighted by molar-refractivity contribution is 6.23. The van der Waals surface area contributed by atoms with E-state index in [2.05, 4.69) is 4.79 Å². The van der Waals surface area contributed by atoms with Crippen molar-refractivity contribution in [3.8, 4) is 0 Å². The first-order valence-corrected chi connectivity index (χ1v) is 6.20. The third kappa shape index (κ3) is 1.75. The second-order valence-corrected chi connectivity index (χ2v) is 4.79. The van der Waals surface area contributed by atoms with Gasteiger partial charge in [-0.15, -0.1) is 0 Å². The molecule has 0 aromatic heterocycles. The van der Waals surface area contributed by atoms with E-state index in [0.717, 1.165) is 0 Å². The van der Waals surface area contributed by atoms with Gasteiger partial charge in [-0.3, -0.25) is 9.59 Å². The molecule has 1 aromatic carbocycles. The highest BCUT2D eigenvalue weighted by Gasteiger charge is 2.48. The molecule has 1 aromatic rings. The van der Waals surface area contributed by atoms with Gasteiger partial charge in [0.25, 0.3) is 0 Å². The van der Waals surface area contributed by atoms with Crippen molar-refractivity contribution in [3.63, 3.8) is 0 Å². The molecule has 0 amide bonds. The maximum absolute atomic E-state index is 12.5. The number of Topliss-reactive ketones (excluding diaryl/α,β-unsaturated/α-hetero) is 2. The standard InChI is InChI=1S/C14H12N2O3/c15-16-11-7-19-6-5-10-12(11)14(18)9-4-2-1-3-8(9)13(10)17/h1-4,10,12H,5-7H2. The first-order valence-electron chi connectivity index (χ1n) is 6.20. The van der Waals surface area contributed by atoms with Crippen molar-refractivity contribution in [1.29, 1.82) is 0 Å². The normalized spacial score (nSPS) is 26.2. The Morgan fingerprint density at radius 3 is 2.53 bits per heavy atom. The molecule has 5 nitrogen and oxygen atoms in total. The van der Waals surface area contributed by atoms with E-state index >= 15 is 0 Å². The maximum Gasteiger partial charge on any atom is 0.305 e. The lowest BCUT2D eigenvalue weighted by atomic mass is 9.71. The lowest BCUT2D eigenvalue weighted by molar-refractivity contribution is -0.0222. The summed E-state index contributed by atoms with van der Waals surface area (Å²) in [5.74, 6) is -1.38. The van der Waals surface area contributed by atoms with Gasteiger partial charge in [-0.05, 0) is 6.42 Å². The van der Waals surface area contributed by atoms with Crippen LogP contribution < -0.4 is 0 Å². The quantitative estimate of drug-likeness (QED) is 0.519. The summed E-state index contributed by atoms with van der Waals surface area (Å²) in [4.78, 5) is 28.2. The SMILES string of the molecule is [N-]=[N+]=C1COCCC2C(=O)c3ccccc3C(=O)C12. The van der Waals surface area contributed by atoms with Crippen LogP contribution in [0.5, 0.6) is 0 Å². The lowest BCUT2D eigenvalue weighted by Crippen LogP contribution is -2.41. The van der Waals surface area contributed by atoms with Crippen molar-refractivity contribution in [1.82, 2.24) is 0 Å². The van der Waals surface area contributed by atoms with Gasteiger partial charge in [0, 0.05) is 23.7 Å². The maximum atomic E-state index is 12.5. The molecular weight excluding hydrogens is 244 g/mol. The van der Waals surface area contributed by atoms with Crippen LogP contribution in [0.4, 0.5) is 0 Å². The van der Waals surface area contributed by atoms with Crippen LogP contribution in [0.2, 0.25) is 0 Å². The molecule has 1 fully saturated rings. The number of hydrogen-bond acceptors (Lipinski definition) is 3. The number of ketones is 2. The number of hydrogen-bond donors (Lipinski definition) is 0. The molecule has 19 heavy (non-hydrogen) atoms. The summed E-state index contributed by atoms with van der Waals surface area (Å²) >= 11 is 0. The minimum absolute atomic E-state index is 0.0631. The Kier molecular flexibility index (Phi) is 2.85. The van der Waals surface area contributed by atoms with Crippen molar-refractivity contribution in [2.24, 2.45) is 11.8 Å². The molecule has 0 bridgehead atoms. The van der Waals surface area contributed by atoms with Crippen molar-refractivity contribution in [2.45, 2.75) is 6.42 Å². The third-order valence-electron chi connectivity index (χ3n) is 3.79. The molecule has 0 saturated carbocycles. The number of carbonyl (C=O) groups excluding carboxylic acids is 2. The number of fused-ring (bicyclic) bond motifs is 2. The fourth-order valence-corrected chi connectivity index (χ4v) is 2.86. The van der Waals surface area contributed by atoms with E-state index in [9.17, 15) is 9.59 Å². The van der Waals surface area contributed by atoms with Crippen LogP contribution in [0.3, 0.4) is 0 Å².